The molecule has 0 aromatic heterocycles. The zero-order valence-electron chi connectivity index (χ0n) is 11.9. The number of hydrogen-bond donors (Lipinski definition) is 2. The number of amides is 1. The van der Waals surface area contributed by atoms with Crippen LogP contribution in [0.25, 0.3) is 0 Å². The lowest BCUT2D eigenvalue weighted by atomic mass is 9.71. The second-order valence-electron chi connectivity index (χ2n) is 6.43. The van der Waals surface area contributed by atoms with Crippen LogP contribution in [0.5, 0.6) is 0 Å². The number of nitrogens with zero attached hydrogens (tertiary/aromatic N) is 1. The number of carbonyl (C=O) groups is 1. The molecule has 1 saturated heterocycles. The van der Waals surface area contributed by atoms with Crippen LogP contribution in [0.1, 0.15) is 47.5 Å². The third-order valence-corrected chi connectivity index (χ3v) is 3.06. The van der Waals surface area contributed by atoms with E-state index in [0.717, 1.165) is 0 Å². The third kappa shape index (κ3) is 3.58. The first-order valence-corrected chi connectivity index (χ1v) is 6.29. The summed E-state index contributed by atoms with van der Waals surface area (Å²) in [6, 6.07) is 2.31. The molecule has 0 bridgehead atoms. The molecule has 1 aliphatic rings. The SMILES string of the molecule is C/C=C/C(=O)NC1(C#N)CC(C)(C)NC(C)(C)C1. The molecule has 18 heavy (non-hydrogen) atoms. The Kier molecular flexibility index (Phi) is 3.87. The molecular formula is C14H23N3O. The summed E-state index contributed by atoms with van der Waals surface area (Å²) in [5, 5.41) is 15.9. The molecule has 100 valence electrons. The van der Waals surface area contributed by atoms with Gasteiger partial charge in [-0.05, 0) is 40.7 Å². The Balaban J connectivity index is 3.00. The summed E-state index contributed by atoms with van der Waals surface area (Å²) in [6.45, 7) is 10.0. The van der Waals surface area contributed by atoms with Crippen molar-refractivity contribution in [2.75, 3.05) is 0 Å². The van der Waals surface area contributed by atoms with Crippen molar-refractivity contribution in [2.24, 2.45) is 0 Å². The summed E-state index contributed by atoms with van der Waals surface area (Å²) in [4.78, 5) is 11.7. The lowest BCUT2D eigenvalue weighted by molar-refractivity contribution is -0.118. The minimum absolute atomic E-state index is 0.180. The van der Waals surface area contributed by atoms with Gasteiger partial charge in [-0.25, -0.2) is 0 Å². The molecule has 0 radical (unpaired) electrons. The Hall–Kier alpha value is -1.34. The number of nitrogens with one attached hydrogen (secondary N) is 2. The fourth-order valence-electron chi connectivity index (χ4n) is 3.20. The van der Waals surface area contributed by atoms with Gasteiger partial charge in [-0.2, -0.15) is 5.26 Å². The van der Waals surface area contributed by atoms with Crippen LogP contribution in [-0.4, -0.2) is 22.5 Å². The smallest absolute Gasteiger partial charge is 0.244 e. The number of allylic oxidation sites excluding steroid dienone is 1. The average molecular weight is 249 g/mol. The van der Waals surface area contributed by atoms with Crippen LogP contribution in [0.4, 0.5) is 0 Å². The number of nitriles is 1. The Bertz CT molecular complexity index is 386. The number of hydrogen-bond acceptors (Lipinski definition) is 3. The maximum Gasteiger partial charge on any atom is 0.244 e. The molecule has 1 amide bonds. The van der Waals surface area contributed by atoms with Crippen molar-refractivity contribution in [1.29, 1.82) is 5.26 Å². The van der Waals surface area contributed by atoms with Crippen molar-refractivity contribution in [1.82, 2.24) is 10.6 Å². The van der Waals surface area contributed by atoms with Gasteiger partial charge in [-0.3, -0.25) is 4.79 Å². The van der Waals surface area contributed by atoms with Gasteiger partial charge in [0.05, 0.1) is 6.07 Å². The Morgan fingerprint density at radius 3 is 2.17 bits per heavy atom. The fourth-order valence-corrected chi connectivity index (χ4v) is 3.20. The van der Waals surface area contributed by atoms with E-state index >= 15 is 0 Å². The van der Waals surface area contributed by atoms with Gasteiger partial charge in [-0.15, -0.1) is 0 Å². The standard InChI is InChI=1S/C14H23N3O/c1-6-7-11(18)16-14(10-15)8-12(2,3)17-13(4,5)9-14/h6-7,17H,8-9H2,1-5H3,(H,16,18)/b7-6+. The molecule has 0 aromatic rings. The fraction of sp³-hybridized carbons (Fsp3) is 0.714. The average Bonchev–Trinajstić information content (AvgIpc) is 2.12. The van der Waals surface area contributed by atoms with Gasteiger partial charge >= 0.3 is 0 Å². The minimum atomic E-state index is -0.797. The van der Waals surface area contributed by atoms with Crippen molar-refractivity contribution in [3.63, 3.8) is 0 Å². The molecule has 1 heterocycles. The van der Waals surface area contributed by atoms with Gasteiger partial charge < -0.3 is 10.6 Å². The van der Waals surface area contributed by atoms with E-state index in [1.54, 1.807) is 13.0 Å². The molecule has 4 heteroatoms. The zero-order valence-corrected chi connectivity index (χ0v) is 11.9. The lowest BCUT2D eigenvalue weighted by Crippen LogP contribution is -2.67. The molecule has 1 rings (SSSR count). The predicted octanol–water partition coefficient (Wildman–Crippen LogP) is 1.88. The maximum absolute atomic E-state index is 11.7. The van der Waals surface area contributed by atoms with Crippen LogP contribution in [0, 0.1) is 11.3 Å². The van der Waals surface area contributed by atoms with Crippen molar-refractivity contribution in [3.05, 3.63) is 12.2 Å². The highest BCUT2D eigenvalue weighted by Gasteiger charge is 2.48. The first-order valence-electron chi connectivity index (χ1n) is 6.29. The highest BCUT2D eigenvalue weighted by molar-refractivity contribution is 5.88. The van der Waals surface area contributed by atoms with E-state index in [1.165, 1.54) is 6.08 Å². The lowest BCUT2D eigenvalue weighted by Gasteiger charge is -2.50. The topological polar surface area (TPSA) is 64.9 Å². The quantitative estimate of drug-likeness (QED) is 0.734. The van der Waals surface area contributed by atoms with Crippen LogP contribution in [0.2, 0.25) is 0 Å². The van der Waals surface area contributed by atoms with E-state index in [2.05, 4.69) is 44.4 Å². The Labute approximate surface area is 109 Å². The van der Waals surface area contributed by atoms with Crippen molar-refractivity contribution >= 4 is 5.91 Å². The van der Waals surface area contributed by atoms with Crippen molar-refractivity contribution < 1.29 is 4.79 Å². The van der Waals surface area contributed by atoms with E-state index in [-0.39, 0.29) is 17.0 Å². The van der Waals surface area contributed by atoms with Gasteiger partial charge in [0.1, 0.15) is 5.54 Å². The molecule has 0 unspecified atom stereocenters. The minimum Gasteiger partial charge on any atom is -0.334 e. The predicted molar refractivity (Wildman–Crippen MR) is 71.8 cm³/mol. The van der Waals surface area contributed by atoms with Gasteiger partial charge in [0.15, 0.2) is 0 Å². The number of rotatable bonds is 2. The molecule has 0 atom stereocenters. The zero-order chi connectivity index (χ0) is 14.0. The Morgan fingerprint density at radius 2 is 1.78 bits per heavy atom. The molecular weight excluding hydrogens is 226 g/mol. The summed E-state index contributed by atoms with van der Waals surface area (Å²) < 4.78 is 0. The summed E-state index contributed by atoms with van der Waals surface area (Å²) in [5.41, 5.74) is -1.16. The van der Waals surface area contributed by atoms with Gasteiger partial charge in [0.25, 0.3) is 0 Å². The van der Waals surface area contributed by atoms with Crippen LogP contribution in [0.15, 0.2) is 12.2 Å². The van der Waals surface area contributed by atoms with Crippen LogP contribution in [-0.2, 0) is 4.79 Å². The highest BCUT2D eigenvalue weighted by atomic mass is 16.1. The van der Waals surface area contributed by atoms with Crippen LogP contribution < -0.4 is 10.6 Å². The first-order chi connectivity index (χ1) is 8.14. The third-order valence-electron chi connectivity index (χ3n) is 3.06. The van der Waals surface area contributed by atoms with Crippen molar-refractivity contribution in [2.45, 2.75) is 64.1 Å². The molecule has 1 aliphatic heterocycles. The number of carbonyl (C=O) groups excluding carboxylic acids is 1. The second kappa shape index (κ2) is 4.74. The summed E-state index contributed by atoms with van der Waals surface area (Å²) in [7, 11) is 0. The normalized spacial score (nSPS) is 24.4. The maximum atomic E-state index is 11.7. The molecule has 0 saturated carbocycles. The highest BCUT2D eigenvalue weighted by Crippen LogP contribution is 2.35. The second-order valence-corrected chi connectivity index (χ2v) is 6.43. The summed E-state index contributed by atoms with van der Waals surface area (Å²) in [6.07, 6.45) is 4.34. The van der Waals surface area contributed by atoms with E-state index in [1.807, 2.05) is 0 Å². The monoisotopic (exact) mass is 249 g/mol. The van der Waals surface area contributed by atoms with Crippen molar-refractivity contribution in [3.8, 4) is 6.07 Å². The summed E-state index contributed by atoms with van der Waals surface area (Å²) >= 11 is 0. The van der Waals surface area contributed by atoms with Gasteiger partial charge in [0, 0.05) is 23.9 Å². The Morgan fingerprint density at radius 1 is 1.28 bits per heavy atom. The number of piperidine rings is 1. The van der Waals surface area contributed by atoms with Crippen LogP contribution in [0.3, 0.4) is 0 Å². The molecule has 0 aromatic carbocycles. The van der Waals surface area contributed by atoms with E-state index in [0.29, 0.717) is 12.8 Å². The largest absolute Gasteiger partial charge is 0.334 e. The van der Waals surface area contributed by atoms with E-state index in [9.17, 15) is 10.1 Å². The van der Waals surface area contributed by atoms with Gasteiger partial charge in [0.2, 0.25) is 5.91 Å². The molecule has 0 spiro atoms. The van der Waals surface area contributed by atoms with E-state index in [4.69, 9.17) is 0 Å². The molecule has 1 fully saturated rings. The van der Waals surface area contributed by atoms with E-state index < -0.39 is 5.54 Å². The first kappa shape index (κ1) is 14.7. The van der Waals surface area contributed by atoms with Crippen LogP contribution >= 0.6 is 0 Å². The van der Waals surface area contributed by atoms with Gasteiger partial charge in [-0.1, -0.05) is 6.08 Å². The molecule has 0 aliphatic carbocycles. The molecule has 4 nitrogen and oxygen atoms in total. The summed E-state index contributed by atoms with van der Waals surface area (Å²) in [5.74, 6) is -0.201. The molecule has 2 N–H and O–H groups in total.